The zero-order valence-corrected chi connectivity index (χ0v) is 11.4. The van der Waals surface area contributed by atoms with Crippen LogP contribution in [0.15, 0.2) is 18.2 Å². The molecular formula is C13H14ClFN2O2. The molecule has 4 nitrogen and oxygen atoms in total. The average Bonchev–Trinajstić information content (AvgIpc) is 2.76. The second-order valence-electron chi connectivity index (χ2n) is 4.17. The second kappa shape index (κ2) is 5.57. The van der Waals surface area contributed by atoms with Gasteiger partial charge in [0.1, 0.15) is 11.3 Å². The molecule has 2 rings (SSSR count). The van der Waals surface area contributed by atoms with E-state index < -0.39 is 5.82 Å². The van der Waals surface area contributed by atoms with E-state index in [0.717, 1.165) is 0 Å². The Morgan fingerprint density at radius 1 is 1.58 bits per heavy atom. The number of alkyl halides is 1. The van der Waals surface area contributed by atoms with Crippen LogP contribution < -0.4 is 0 Å². The number of esters is 1. The second-order valence-corrected chi connectivity index (χ2v) is 4.83. The van der Waals surface area contributed by atoms with Gasteiger partial charge in [-0.05, 0) is 19.1 Å². The molecule has 1 aromatic heterocycles. The standard InChI is InChI=1S/C13H14ClFN2O2/c1-8(14)13-16-12-9(15)4-3-5-10(12)17(13)7-6-11(18)19-2/h3-5,8H,6-7H2,1-2H3. The Bertz CT molecular complexity index is 610. The summed E-state index contributed by atoms with van der Waals surface area (Å²) in [6, 6.07) is 4.71. The molecule has 0 aliphatic rings. The van der Waals surface area contributed by atoms with E-state index in [0.29, 0.717) is 17.9 Å². The maximum Gasteiger partial charge on any atom is 0.307 e. The topological polar surface area (TPSA) is 44.1 Å². The number of ether oxygens (including phenoxy) is 1. The van der Waals surface area contributed by atoms with E-state index in [-0.39, 0.29) is 23.3 Å². The van der Waals surface area contributed by atoms with Gasteiger partial charge >= 0.3 is 5.97 Å². The van der Waals surface area contributed by atoms with Crippen molar-refractivity contribution in [2.45, 2.75) is 25.3 Å². The predicted octanol–water partition coefficient (Wildman–Crippen LogP) is 3.04. The van der Waals surface area contributed by atoms with E-state index in [4.69, 9.17) is 11.6 Å². The zero-order valence-electron chi connectivity index (χ0n) is 10.7. The van der Waals surface area contributed by atoms with Gasteiger partial charge in [-0.3, -0.25) is 4.79 Å². The van der Waals surface area contributed by atoms with E-state index in [1.807, 2.05) is 0 Å². The monoisotopic (exact) mass is 284 g/mol. The Hall–Kier alpha value is -1.62. The van der Waals surface area contributed by atoms with Gasteiger partial charge in [0.25, 0.3) is 0 Å². The Labute approximate surface area is 115 Å². The van der Waals surface area contributed by atoms with Crippen LogP contribution in [0.5, 0.6) is 0 Å². The van der Waals surface area contributed by atoms with Crippen LogP contribution in [0.25, 0.3) is 11.0 Å². The van der Waals surface area contributed by atoms with Gasteiger partial charge in [0.2, 0.25) is 0 Å². The van der Waals surface area contributed by atoms with Gasteiger partial charge in [-0.25, -0.2) is 9.37 Å². The maximum absolute atomic E-state index is 13.7. The van der Waals surface area contributed by atoms with Crippen molar-refractivity contribution in [3.8, 4) is 0 Å². The van der Waals surface area contributed by atoms with Crippen LogP contribution >= 0.6 is 11.6 Å². The Kier molecular flexibility index (Phi) is 4.04. The number of rotatable bonds is 4. The van der Waals surface area contributed by atoms with Gasteiger partial charge in [0, 0.05) is 6.54 Å². The van der Waals surface area contributed by atoms with Crippen LogP contribution in [0.1, 0.15) is 24.5 Å². The average molecular weight is 285 g/mol. The van der Waals surface area contributed by atoms with Crippen molar-refractivity contribution in [1.29, 1.82) is 0 Å². The summed E-state index contributed by atoms with van der Waals surface area (Å²) in [7, 11) is 1.33. The molecule has 1 aromatic carbocycles. The van der Waals surface area contributed by atoms with Gasteiger partial charge in [-0.1, -0.05) is 6.07 Å². The fraction of sp³-hybridized carbons (Fsp3) is 0.385. The molecule has 1 heterocycles. The highest BCUT2D eigenvalue weighted by atomic mass is 35.5. The number of hydrogen-bond acceptors (Lipinski definition) is 3. The molecule has 0 saturated carbocycles. The number of hydrogen-bond donors (Lipinski definition) is 0. The molecule has 0 fully saturated rings. The Morgan fingerprint density at radius 3 is 2.95 bits per heavy atom. The fourth-order valence-corrected chi connectivity index (χ4v) is 2.14. The highest BCUT2D eigenvalue weighted by Crippen LogP contribution is 2.26. The number of methoxy groups -OCH3 is 1. The minimum atomic E-state index is -0.395. The molecule has 0 amide bonds. The summed E-state index contributed by atoms with van der Waals surface area (Å²) in [4.78, 5) is 15.4. The Balaban J connectivity index is 2.46. The van der Waals surface area contributed by atoms with Crippen LogP contribution in [0.2, 0.25) is 0 Å². The van der Waals surface area contributed by atoms with E-state index in [1.54, 1.807) is 23.6 Å². The highest BCUT2D eigenvalue weighted by molar-refractivity contribution is 6.20. The summed E-state index contributed by atoms with van der Waals surface area (Å²) in [6.45, 7) is 2.12. The summed E-state index contributed by atoms with van der Waals surface area (Å²) < 4.78 is 20.1. The number of aryl methyl sites for hydroxylation is 1. The third-order valence-corrected chi connectivity index (χ3v) is 3.08. The number of carbonyl (C=O) groups is 1. The van der Waals surface area contributed by atoms with Crippen LogP contribution in [-0.2, 0) is 16.1 Å². The minimum absolute atomic E-state index is 0.190. The molecule has 0 bridgehead atoms. The van der Waals surface area contributed by atoms with Gasteiger partial charge in [-0.2, -0.15) is 0 Å². The normalized spacial score (nSPS) is 12.6. The molecule has 0 radical (unpaired) electrons. The largest absolute Gasteiger partial charge is 0.469 e. The zero-order chi connectivity index (χ0) is 14.0. The predicted molar refractivity (Wildman–Crippen MR) is 70.6 cm³/mol. The molecule has 0 spiro atoms. The molecule has 2 aromatic rings. The van der Waals surface area contributed by atoms with Crippen molar-refractivity contribution < 1.29 is 13.9 Å². The van der Waals surface area contributed by atoms with Gasteiger partial charge < -0.3 is 9.30 Å². The molecule has 19 heavy (non-hydrogen) atoms. The first-order valence-electron chi connectivity index (χ1n) is 5.90. The van der Waals surface area contributed by atoms with E-state index >= 15 is 0 Å². The lowest BCUT2D eigenvalue weighted by Crippen LogP contribution is -2.10. The highest BCUT2D eigenvalue weighted by Gasteiger charge is 2.17. The number of nitrogens with zero attached hydrogens (tertiary/aromatic N) is 2. The smallest absolute Gasteiger partial charge is 0.307 e. The molecule has 0 N–H and O–H groups in total. The van der Waals surface area contributed by atoms with Crippen molar-refractivity contribution in [2.24, 2.45) is 0 Å². The molecule has 0 aliphatic carbocycles. The van der Waals surface area contributed by atoms with Crippen LogP contribution in [0.3, 0.4) is 0 Å². The first kappa shape index (κ1) is 13.8. The van der Waals surface area contributed by atoms with Crippen molar-refractivity contribution in [3.05, 3.63) is 29.8 Å². The third kappa shape index (κ3) is 2.71. The quantitative estimate of drug-likeness (QED) is 0.640. The van der Waals surface area contributed by atoms with Crippen LogP contribution in [-0.4, -0.2) is 22.6 Å². The first-order chi connectivity index (χ1) is 9.04. The number of aromatic nitrogens is 2. The minimum Gasteiger partial charge on any atom is -0.469 e. The summed E-state index contributed by atoms with van der Waals surface area (Å²) in [5, 5.41) is -0.371. The molecule has 0 saturated heterocycles. The molecule has 102 valence electrons. The number of carbonyl (C=O) groups excluding carboxylic acids is 1. The van der Waals surface area contributed by atoms with Crippen molar-refractivity contribution in [3.63, 3.8) is 0 Å². The number of imidazole rings is 1. The lowest BCUT2D eigenvalue weighted by atomic mass is 10.3. The fourth-order valence-electron chi connectivity index (χ4n) is 1.97. The van der Waals surface area contributed by atoms with Crippen molar-refractivity contribution in [2.75, 3.05) is 7.11 Å². The summed E-state index contributed by atoms with van der Waals surface area (Å²) in [5.41, 5.74) is 0.904. The number of halogens is 2. The van der Waals surface area contributed by atoms with E-state index in [9.17, 15) is 9.18 Å². The summed E-state index contributed by atoms with van der Waals surface area (Å²) in [5.74, 6) is -0.176. The van der Waals surface area contributed by atoms with Gasteiger partial charge in [-0.15, -0.1) is 11.6 Å². The van der Waals surface area contributed by atoms with Gasteiger partial charge in [0.15, 0.2) is 5.82 Å². The number of benzene rings is 1. The van der Waals surface area contributed by atoms with Crippen molar-refractivity contribution >= 4 is 28.6 Å². The van der Waals surface area contributed by atoms with Gasteiger partial charge in [0.05, 0.1) is 24.4 Å². The summed E-state index contributed by atoms with van der Waals surface area (Å²) in [6.07, 6.45) is 0.190. The number of fused-ring (bicyclic) bond motifs is 1. The molecule has 1 atom stereocenters. The van der Waals surface area contributed by atoms with Crippen LogP contribution in [0.4, 0.5) is 4.39 Å². The van der Waals surface area contributed by atoms with E-state index in [2.05, 4.69) is 9.72 Å². The lowest BCUT2D eigenvalue weighted by Gasteiger charge is -2.09. The first-order valence-corrected chi connectivity index (χ1v) is 6.33. The number of para-hydroxylation sites is 1. The van der Waals surface area contributed by atoms with E-state index in [1.165, 1.54) is 13.2 Å². The molecular weight excluding hydrogens is 271 g/mol. The Morgan fingerprint density at radius 2 is 2.32 bits per heavy atom. The molecule has 6 heteroatoms. The SMILES string of the molecule is COC(=O)CCn1c(C(C)Cl)nc2c(F)cccc21. The molecule has 1 unspecified atom stereocenters. The summed E-state index contributed by atoms with van der Waals surface area (Å²) >= 11 is 6.06. The third-order valence-electron chi connectivity index (χ3n) is 2.88. The maximum atomic E-state index is 13.7. The van der Waals surface area contributed by atoms with Crippen molar-refractivity contribution in [1.82, 2.24) is 9.55 Å². The lowest BCUT2D eigenvalue weighted by molar-refractivity contribution is -0.140. The molecule has 0 aliphatic heterocycles. The van der Waals surface area contributed by atoms with Crippen LogP contribution in [0, 0.1) is 5.82 Å².